The van der Waals surface area contributed by atoms with Crippen molar-refractivity contribution in [1.29, 1.82) is 0 Å². The summed E-state index contributed by atoms with van der Waals surface area (Å²) in [5.74, 6) is -0.127. The Morgan fingerprint density at radius 1 is 1.21 bits per heavy atom. The highest BCUT2D eigenvalue weighted by Crippen LogP contribution is 2.51. The Morgan fingerprint density at radius 2 is 1.92 bits per heavy atom. The molecule has 0 bridgehead atoms. The molecule has 0 saturated heterocycles. The highest BCUT2D eigenvalue weighted by Gasteiger charge is 2.50. The Hall–Kier alpha value is -2.04. The molecule has 0 unspecified atom stereocenters. The van der Waals surface area contributed by atoms with Gasteiger partial charge in [0.2, 0.25) is 0 Å². The standard InChI is InChI=1S/C20H22O4/c1-6-14-12(2)17(21)11-16-13-7-8-18(22)19(3,23-4)15(13)9-10-20(14,16)24-5/h6-8,11H,1,9-10H2,2-5H3/t19-,20-/m1/s1. The molecule has 0 N–H and O–H groups in total. The van der Waals surface area contributed by atoms with Gasteiger partial charge in [-0.05, 0) is 61.1 Å². The van der Waals surface area contributed by atoms with Crippen molar-refractivity contribution in [2.24, 2.45) is 0 Å². The smallest absolute Gasteiger partial charge is 0.191 e. The van der Waals surface area contributed by atoms with Gasteiger partial charge in [0.25, 0.3) is 0 Å². The lowest BCUT2D eigenvalue weighted by atomic mass is 9.63. The summed E-state index contributed by atoms with van der Waals surface area (Å²) >= 11 is 0. The second-order valence-electron chi connectivity index (χ2n) is 6.52. The van der Waals surface area contributed by atoms with Gasteiger partial charge < -0.3 is 9.47 Å². The van der Waals surface area contributed by atoms with Crippen LogP contribution in [0.5, 0.6) is 0 Å². The predicted molar refractivity (Wildman–Crippen MR) is 91.5 cm³/mol. The highest BCUT2D eigenvalue weighted by molar-refractivity contribution is 6.09. The van der Waals surface area contributed by atoms with E-state index in [0.29, 0.717) is 18.4 Å². The Labute approximate surface area is 142 Å². The van der Waals surface area contributed by atoms with Gasteiger partial charge in [0.05, 0.1) is 0 Å². The molecule has 0 aromatic heterocycles. The minimum absolute atomic E-state index is 0.0502. The van der Waals surface area contributed by atoms with E-state index in [1.165, 1.54) is 6.08 Å². The molecule has 3 rings (SSSR count). The summed E-state index contributed by atoms with van der Waals surface area (Å²) in [5.41, 5.74) is 2.35. The number of carbonyl (C=O) groups excluding carboxylic acids is 2. The van der Waals surface area contributed by atoms with Crippen LogP contribution in [0, 0.1) is 0 Å². The molecule has 4 nitrogen and oxygen atoms in total. The van der Waals surface area contributed by atoms with E-state index >= 15 is 0 Å². The summed E-state index contributed by atoms with van der Waals surface area (Å²) in [4.78, 5) is 24.8. The average molecular weight is 326 g/mol. The van der Waals surface area contributed by atoms with Crippen molar-refractivity contribution in [2.75, 3.05) is 14.2 Å². The Balaban J connectivity index is 2.27. The summed E-state index contributed by atoms with van der Waals surface area (Å²) in [5, 5.41) is 0. The third-order valence-corrected chi connectivity index (χ3v) is 5.67. The maximum absolute atomic E-state index is 12.5. The van der Waals surface area contributed by atoms with Crippen LogP contribution in [0.25, 0.3) is 0 Å². The van der Waals surface area contributed by atoms with Gasteiger partial charge in [0.1, 0.15) is 11.2 Å². The van der Waals surface area contributed by atoms with E-state index in [1.54, 1.807) is 46.3 Å². The van der Waals surface area contributed by atoms with Crippen molar-refractivity contribution in [1.82, 2.24) is 0 Å². The molecule has 2 atom stereocenters. The van der Waals surface area contributed by atoms with E-state index in [4.69, 9.17) is 9.47 Å². The molecule has 0 spiro atoms. The molecular formula is C20H22O4. The van der Waals surface area contributed by atoms with Gasteiger partial charge >= 0.3 is 0 Å². The van der Waals surface area contributed by atoms with Crippen LogP contribution in [0.15, 0.2) is 58.7 Å². The Bertz CT molecular complexity index is 777. The first-order valence-electron chi connectivity index (χ1n) is 8.03. The topological polar surface area (TPSA) is 52.6 Å². The number of hydrogen-bond donors (Lipinski definition) is 0. The first kappa shape index (κ1) is 16.8. The summed E-state index contributed by atoms with van der Waals surface area (Å²) in [7, 11) is 3.19. The summed E-state index contributed by atoms with van der Waals surface area (Å²) in [6.45, 7) is 7.47. The fourth-order valence-electron chi connectivity index (χ4n) is 4.12. The van der Waals surface area contributed by atoms with Gasteiger partial charge in [-0.3, -0.25) is 9.59 Å². The van der Waals surface area contributed by atoms with Gasteiger partial charge in [0, 0.05) is 19.8 Å². The van der Waals surface area contributed by atoms with E-state index < -0.39 is 11.2 Å². The number of fused-ring (bicyclic) bond motifs is 2. The largest absolute Gasteiger partial charge is 0.369 e. The molecule has 0 amide bonds. The van der Waals surface area contributed by atoms with Gasteiger partial charge in [-0.15, -0.1) is 0 Å². The minimum Gasteiger partial charge on any atom is -0.369 e. The molecule has 0 radical (unpaired) electrons. The maximum atomic E-state index is 12.5. The number of carbonyl (C=O) groups is 2. The van der Waals surface area contributed by atoms with Crippen molar-refractivity contribution in [3.05, 3.63) is 58.7 Å². The molecule has 0 aromatic rings. The van der Waals surface area contributed by atoms with Crippen LogP contribution in [0.1, 0.15) is 26.7 Å². The first-order chi connectivity index (χ1) is 11.4. The summed E-state index contributed by atoms with van der Waals surface area (Å²) in [6.07, 6.45) is 7.95. The zero-order valence-corrected chi connectivity index (χ0v) is 14.6. The zero-order chi connectivity index (χ0) is 17.7. The van der Waals surface area contributed by atoms with Crippen LogP contribution in [-0.4, -0.2) is 37.0 Å². The number of ketones is 2. The van der Waals surface area contributed by atoms with Crippen molar-refractivity contribution < 1.29 is 19.1 Å². The van der Waals surface area contributed by atoms with E-state index in [9.17, 15) is 9.59 Å². The van der Waals surface area contributed by atoms with Crippen LogP contribution >= 0.6 is 0 Å². The molecule has 24 heavy (non-hydrogen) atoms. The van der Waals surface area contributed by atoms with E-state index in [0.717, 1.165) is 22.3 Å². The molecule has 0 fully saturated rings. The third kappa shape index (κ3) is 1.93. The molecule has 0 aliphatic heterocycles. The van der Waals surface area contributed by atoms with E-state index in [-0.39, 0.29) is 11.6 Å². The van der Waals surface area contributed by atoms with Gasteiger partial charge in [0.15, 0.2) is 11.6 Å². The first-order valence-corrected chi connectivity index (χ1v) is 8.03. The lowest BCUT2D eigenvalue weighted by Crippen LogP contribution is -2.48. The monoisotopic (exact) mass is 326 g/mol. The summed E-state index contributed by atoms with van der Waals surface area (Å²) < 4.78 is 11.5. The molecule has 4 heteroatoms. The van der Waals surface area contributed by atoms with Crippen molar-refractivity contribution >= 4 is 11.6 Å². The van der Waals surface area contributed by atoms with Crippen molar-refractivity contribution in [2.45, 2.75) is 37.9 Å². The second-order valence-corrected chi connectivity index (χ2v) is 6.52. The van der Waals surface area contributed by atoms with E-state index in [2.05, 4.69) is 6.58 Å². The van der Waals surface area contributed by atoms with E-state index in [1.807, 2.05) is 0 Å². The molecule has 0 saturated carbocycles. The predicted octanol–water partition coefficient (Wildman–Crippen LogP) is 3.02. The van der Waals surface area contributed by atoms with Crippen molar-refractivity contribution in [3.8, 4) is 0 Å². The average Bonchev–Trinajstić information content (AvgIpc) is 2.59. The number of hydrogen-bond acceptors (Lipinski definition) is 4. The van der Waals surface area contributed by atoms with Crippen LogP contribution in [0.2, 0.25) is 0 Å². The van der Waals surface area contributed by atoms with Gasteiger partial charge in [-0.25, -0.2) is 0 Å². The second kappa shape index (κ2) is 5.50. The molecule has 0 aromatic carbocycles. The van der Waals surface area contributed by atoms with Crippen LogP contribution in [0.3, 0.4) is 0 Å². The van der Waals surface area contributed by atoms with Gasteiger partial charge in [-0.2, -0.15) is 0 Å². The normalized spacial score (nSPS) is 32.6. The highest BCUT2D eigenvalue weighted by atomic mass is 16.5. The number of ether oxygens (including phenoxy) is 2. The molecule has 126 valence electrons. The number of allylic oxidation sites excluding steroid dienone is 3. The van der Waals surface area contributed by atoms with Crippen LogP contribution in [-0.2, 0) is 19.1 Å². The fraction of sp³-hybridized carbons (Fsp3) is 0.400. The Morgan fingerprint density at radius 3 is 2.50 bits per heavy atom. The molecular weight excluding hydrogens is 304 g/mol. The minimum atomic E-state index is -0.988. The van der Waals surface area contributed by atoms with Gasteiger partial charge in [-0.1, -0.05) is 18.7 Å². The Kier molecular flexibility index (Phi) is 3.85. The lowest BCUT2D eigenvalue weighted by Gasteiger charge is -2.47. The lowest BCUT2D eigenvalue weighted by molar-refractivity contribution is -0.130. The quantitative estimate of drug-likeness (QED) is 0.800. The van der Waals surface area contributed by atoms with Crippen LogP contribution < -0.4 is 0 Å². The fourth-order valence-corrected chi connectivity index (χ4v) is 4.12. The third-order valence-electron chi connectivity index (χ3n) is 5.67. The molecule has 0 heterocycles. The van der Waals surface area contributed by atoms with Crippen LogP contribution in [0.4, 0.5) is 0 Å². The number of methoxy groups -OCH3 is 2. The SMILES string of the molecule is C=CC1=C(C)C(=O)C=C2C3=C(CC[C@]21OC)[C@@](C)(OC)C(=O)C=C3. The zero-order valence-electron chi connectivity index (χ0n) is 14.6. The molecule has 3 aliphatic carbocycles. The molecule has 3 aliphatic rings. The summed E-state index contributed by atoms with van der Waals surface area (Å²) in [6, 6.07) is 0. The van der Waals surface area contributed by atoms with Crippen molar-refractivity contribution in [3.63, 3.8) is 0 Å². The number of rotatable bonds is 3. The maximum Gasteiger partial charge on any atom is 0.191 e.